The van der Waals surface area contributed by atoms with Crippen LogP contribution in [0.2, 0.25) is 0 Å². The zero-order valence-electron chi connectivity index (χ0n) is 18.8. The van der Waals surface area contributed by atoms with Crippen molar-refractivity contribution in [2.75, 3.05) is 13.1 Å². The first-order chi connectivity index (χ1) is 15.7. The molecule has 6 heteroatoms. The second kappa shape index (κ2) is 9.87. The summed E-state index contributed by atoms with van der Waals surface area (Å²) < 4.78 is 8.04. The van der Waals surface area contributed by atoms with Gasteiger partial charge in [-0.1, -0.05) is 96.2 Å². The number of aryl methyl sites for hydroxylation is 1. The van der Waals surface area contributed by atoms with Crippen LogP contribution in [0.15, 0.2) is 95.5 Å². The van der Waals surface area contributed by atoms with Gasteiger partial charge < -0.3 is 28.5 Å². The van der Waals surface area contributed by atoms with Gasteiger partial charge >= 0.3 is 0 Å². The molecule has 0 aliphatic carbocycles. The van der Waals surface area contributed by atoms with Gasteiger partial charge in [-0.2, -0.15) is 4.98 Å². The van der Waals surface area contributed by atoms with Crippen molar-refractivity contribution in [3.8, 4) is 0 Å². The second-order valence-corrected chi connectivity index (χ2v) is 8.26. The lowest BCUT2D eigenvalue weighted by atomic mass is 9.75. The van der Waals surface area contributed by atoms with Crippen molar-refractivity contribution < 1.29 is 33.1 Å². The fraction of sp³-hybridized carbons (Fsp3) is 0.222. The molecule has 4 aromatic rings. The molecular formula is C27H27IN4O. The van der Waals surface area contributed by atoms with E-state index in [1.54, 1.807) is 0 Å². The maximum absolute atomic E-state index is 5.58. The Balaban J connectivity index is 0.00000259. The van der Waals surface area contributed by atoms with Crippen molar-refractivity contribution in [1.82, 2.24) is 15.5 Å². The predicted octanol–water partition coefficient (Wildman–Crippen LogP) is 1.49. The second-order valence-electron chi connectivity index (χ2n) is 8.26. The predicted molar refractivity (Wildman–Crippen MR) is 125 cm³/mol. The van der Waals surface area contributed by atoms with Gasteiger partial charge in [-0.3, -0.25) is 5.32 Å². The third kappa shape index (κ3) is 4.19. The van der Waals surface area contributed by atoms with Crippen molar-refractivity contribution >= 4 is 5.84 Å². The van der Waals surface area contributed by atoms with Gasteiger partial charge in [0.1, 0.15) is 12.5 Å². The van der Waals surface area contributed by atoms with Gasteiger partial charge in [0.05, 0.1) is 6.54 Å². The number of aromatic nitrogens is 2. The number of nitrogens with zero attached hydrogens (tertiary/aromatic N) is 3. The minimum Gasteiger partial charge on any atom is -1.00 e. The number of hydrogen-bond donors (Lipinski definition) is 1. The average molecular weight is 550 g/mol. The Morgan fingerprint density at radius 2 is 1.30 bits per heavy atom. The van der Waals surface area contributed by atoms with E-state index in [1.807, 2.05) is 6.92 Å². The molecule has 1 aliphatic heterocycles. The van der Waals surface area contributed by atoms with Crippen LogP contribution in [-0.2, 0) is 5.54 Å². The zero-order valence-corrected chi connectivity index (χ0v) is 20.9. The maximum atomic E-state index is 5.58. The molecule has 168 valence electrons. The van der Waals surface area contributed by atoms with Crippen molar-refractivity contribution in [3.63, 3.8) is 0 Å². The van der Waals surface area contributed by atoms with Gasteiger partial charge in [0.2, 0.25) is 11.7 Å². The van der Waals surface area contributed by atoms with E-state index in [2.05, 4.69) is 118 Å². The molecule has 1 atom stereocenters. The van der Waals surface area contributed by atoms with E-state index >= 15 is 0 Å². The molecule has 0 saturated carbocycles. The Kier molecular flexibility index (Phi) is 6.93. The molecule has 3 aromatic carbocycles. The highest BCUT2D eigenvalue weighted by Crippen LogP contribution is 2.41. The summed E-state index contributed by atoms with van der Waals surface area (Å²) in [5, 5.41) is 7.65. The minimum atomic E-state index is -0.519. The molecule has 1 aliphatic rings. The zero-order chi connectivity index (χ0) is 22.0. The van der Waals surface area contributed by atoms with E-state index in [4.69, 9.17) is 4.52 Å². The van der Waals surface area contributed by atoms with Crippen LogP contribution in [-0.4, -0.2) is 33.6 Å². The van der Waals surface area contributed by atoms with Gasteiger partial charge in [-0.05, 0) is 6.92 Å². The summed E-state index contributed by atoms with van der Waals surface area (Å²) in [6.45, 7) is 5.52. The number of amidine groups is 1. The Bertz CT molecular complexity index is 1130. The first kappa shape index (κ1) is 23.2. The van der Waals surface area contributed by atoms with E-state index in [1.165, 1.54) is 16.7 Å². The van der Waals surface area contributed by atoms with Crippen LogP contribution in [0, 0.1) is 6.92 Å². The highest BCUT2D eigenvalue weighted by atomic mass is 127. The van der Waals surface area contributed by atoms with Crippen LogP contribution in [0.1, 0.15) is 41.2 Å². The molecule has 5 rings (SSSR count). The molecule has 0 saturated heterocycles. The van der Waals surface area contributed by atoms with Crippen LogP contribution in [0.4, 0.5) is 0 Å². The number of halogens is 1. The van der Waals surface area contributed by atoms with Crippen molar-refractivity contribution in [1.29, 1.82) is 0 Å². The lowest BCUT2D eigenvalue weighted by molar-refractivity contribution is -0.603. The van der Waals surface area contributed by atoms with E-state index in [0.29, 0.717) is 11.7 Å². The number of rotatable bonds is 5. The highest BCUT2D eigenvalue weighted by Gasteiger charge is 2.47. The SMILES string of the molecule is CC1=[N+](C(c2ccccc2)(c2ccccc2)c2ccccc2)CC(c2nc(C)no2)CN1.[I-]. The van der Waals surface area contributed by atoms with Crippen molar-refractivity contribution in [3.05, 3.63) is 119 Å². The quantitative estimate of drug-likeness (QED) is 0.233. The topological polar surface area (TPSA) is 54.0 Å². The van der Waals surface area contributed by atoms with Crippen LogP contribution in [0.5, 0.6) is 0 Å². The van der Waals surface area contributed by atoms with E-state index in [-0.39, 0.29) is 29.9 Å². The first-order valence-corrected chi connectivity index (χ1v) is 11.0. The molecule has 0 bridgehead atoms. The van der Waals surface area contributed by atoms with Crippen molar-refractivity contribution in [2.45, 2.75) is 25.3 Å². The molecule has 5 nitrogen and oxygen atoms in total. The summed E-state index contributed by atoms with van der Waals surface area (Å²) in [7, 11) is 0. The summed E-state index contributed by atoms with van der Waals surface area (Å²) in [6.07, 6.45) is 0. The Labute approximate surface area is 211 Å². The Morgan fingerprint density at radius 3 is 1.73 bits per heavy atom. The minimum absolute atomic E-state index is 0. The summed E-state index contributed by atoms with van der Waals surface area (Å²) in [5.41, 5.74) is 3.11. The molecule has 1 N–H and O–H groups in total. The van der Waals surface area contributed by atoms with E-state index < -0.39 is 5.54 Å². The third-order valence-electron chi connectivity index (χ3n) is 6.28. The Morgan fingerprint density at radius 1 is 0.818 bits per heavy atom. The molecule has 0 fully saturated rings. The van der Waals surface area contributed by atoms with Gasteiger partial charge in [-0.25, -0.2) is 4.58 Å². The lowest BCUT2D eigenvalue weighted by Gasteiger charge is -2.39. The molecule has 0 radical (unpaired) electrons. The fourth-order valence-electron chi connectivity index (χ4n) is 4.83. The molecule has 0 amide bonds. The Hall–Kier alpha value is -3.00. The smallest absolute Gasteiger partial charge is 0.242 e. The maximum Gasteiger partial charge on any atom is 0.242 e. The standard InChI is InChI=1S/C27H26N4O.HI/c1-20-29-26(32-30-20)22-18-28-21(2)31(19-22)27(23-12-6-3-7-13-23,24-14-8-4-9-15-24)25-16-10-5-11-17-25;/h3-17,22H,18-19H2,1-2H3;1H. The molecule has 2 heterocycles. The average Bonchev–Trinajstić information content (AvgIpc) is 3.29. The molecule has 1 unspecified atom stereocenters. The summed E-state index contributed by atoms with van der Waals surface area (Å²) in [5.74, 6) is 2.54. The monoisotopic (exact) mass is 550 g/mol. The third-order valence-corrected chi connectivity index (χ3v) is 6.28. The first-order valence-electron chi connectivity index (χ1n) is 11.0. The summed E-state index contributed by atoms with van der Waals surface area (Å²) >= 11 is 0. The number of hydrogen-bond acceptors (Lipinski definition) is 4. The molecule has 1 aromatic heterocycles. The van der Waals surface area contributed by atoms with Crippen LogP contribution >= 0.6 is 0 Å². The van der Waals surface area contributed by atoms with E-state index in [9.17, 15) is 0 Å². The van der Waals surface area contributed by atoms with Crippen LogP contribution in [0.25, 0.3) is 0 Å². The van der Waals surface area contributed by atoms with E-state index in [0.717, 1.165) is 18.9 Å². The molecular weight excluding hydrogens is 523 g/mol. The molecule has 0 spiro atoms. The van der Waals surface area contributed by atoms with Crippen LogP contribution < -0.4 is 29.3 Å². The number of benzene rings is 3. The molecule has 33 heavy (non-hydrogen) atoms. The van der Waals surface area contributed by atoms with Crippen LogP contribution in [0.3, 0.4) is 0 Å². The van der Waals surface area contributed by atoms with Gasteiger partial charge in [0.15, 0.2) is 11.4 Å². The summed E-state index contributed by atoms with van der Waals surface area (Å²) in [4.78, 5) is 4.54. The highest BCUT2D eigenvalue weighted by molar-refractivity contribution is 5.75. The summed E-state index contributed by atoms with van der Waals surface area (Å²) in [6, 6.07) is 32.2. The number of nitrogens with one attached hydrogen (secondary N) is 1. The normalized spacial score (nSPS) is 16.1. The van der Waals surface area contributed by atoms with Gasteiger partial charge in [0, 0.05) is 23.6 Å². The van der Waals surface area contributed by atoms with Crippen molar-refractivity contribution in [2.24, 2.45) is 0 Å². The van der Waals surface area contributed by atoms with Gasteiger partial charge in [0.25, 0.3) is 0 Å². The largest absolute Gasteiger partial charge is 1.00 e. The lowest BCUT2D eigenvalue weighted by Crippen LogP contribution is -3.00. The van der Waals surface area contributed by atoms with Gasteiger partial charge in [-0.15, -0.1) is 0 Å². The fourth-order valence-corrected chi connectivity index (χ4v) is 4.83.